The Kier molecular flexibility index (Phi) is 6.08. The van der Waals surface area contributed by atoms with Gasteiger partial charge in [0.15, 0.2) is 0 Å². The Morgan fingerprint density at radius 1 is 1.38 bits per heavy atom. The van der Waals surface area contributed by atoms with E-state index in [4.69, 9.17) is 5.73 Å². The largest absolute Gasteiger partial charge is 0.330 e. The van der Waals surface area contributed by atoms with E-state index in [2.05, 4.69) is 28.6 Å². The van der Waals surface area contributed by atoms with Gasteiger partial charge in [0.25, 0.3) is 0 Å². The highest BCUT2D eigenvalue weighted by atomic mass is 15.3. The van der Waals surface area contributed by atoms with Crippen molar-refractivity contribution in [2.45, 2.75) is 52.5 Å². The van der Waals surface area contributed by atoms with E-state index >= 15 is 0 Å². The second-order valence-electron chi connectivity index (χ2n) is 4.33. The number of hydrogen-bond donors (Lipinski definition) is 1. The second kappa shape index (κ2) is 7.39. The van der Waals surface area contributed by atoms with Crippen molar-refractivity contribution >= 4 is 0 Å². The van der Waals surface area contributed by atoms with Crippen LogP contribution in [0.4, 0.5) is 0 Å². The normalized spacial score (nSPS) is 12.9. The van der Waals surface area contributed by atoms with Gasteiger partial charge >= 0.3 is 0 Å². The molecule has 0 bridgehead atoms. The minimum atomic E-state index is 0.733. The van der Waals surface area contributed by atoms with Crippen LogP contribution in [0.5, 0.6) is 0 Å². The van der Waals surface area contributed by atoms with Gasteiger partial charge in [-0.15, -0.1) is 10.2 Å². The lowest BCUT2D eigenvalue weighted by Crippen LogP contribution is -2.11. The molecule has 0 saturated heterocycles. The first-order valence-electron chi connectivity index (χ1n) is 6.38. The molecule has 4 heteroatoms. The third kappa shape index (κ3) is 3.93. The Morgan fingerprint density at radius 3 is 2.81 bits per heavy atom. The number of rotatable bonds is 8. The Morgan fingerprint density at radius 2 is 2.19 bits per heavy atom. The average Bonchev–Trinajstić information content (AvgIpc) is 2.72. The topological polar surface area (TPSA) is 56.7 Å². The molecule has 1 atom stereocenters. The minimum Gasteiger partial charge on any atom is -0.330 e. The standard InChI is InChI=1S/C12H24N4/c1-3-9-16-10-14-15-12(16)6-5-11(4-2)7-8-13/h10-11H,3-9,13H2,1-2H3. The van der Waals surface area contributed by atoms with Crippen molar-refractivity contribution in [1.29, 1.82) is 0 Å². The molecule has 0 aliphatic heterocycles. The zero-order valence-corrected chi connectivity index (χ0v) is 10.5. The summed E-state index contributed by atoms with van der Waals surface area (Å²) in [6.07, 6.45) is 7.50. The highest BCUT2D eigenvalue weighted by Crippen LogP contribution is 2.15. The van der Waals surface area contributed by atoms with E-state index in [1.54, 1.807) is 0 Å². The molecule has 0 aliphatic carbocycles. The first-order valence-corrected chi connectivity index (χ1v) is 6.38. The Hall–Kier alpha value is -0.900. The summed E-state index contributed by atoms with van der Waals surface area (Å²) in [5, 5.41) is 8.16. The molecule has 1 heterocycles. The van der Waals surface area contributed by atoms with Gasteiger partial charge in [-0.3, -0.25) is 0 Å². The fourth-order valence-electron chi connectivity index (χ4n) is 2.02. The summed E-state index contributed by atoms with van der Waals surface area (Å²) in [5.74, 6) is 1.86. The summed E-state index contributed by atoms with van der Waals surface area (Å²) in [7, 11) is 0. The number of aromatic nitrogens is 3. The summed E-state index contributed by atoms with van der Waals surface area (Å²) in [4.78, 5) is 0. The van der Waals surface area contributed by atoms with Crippen molar-refractivity contribution in [2.75, 3.05) is 6.54 Å². The molecule has 0 saturated carbocycles. The lowest BCUT2D eigenvalue weighted by Gasteiger charge is -2.13. The molecular formula is C12H24N4. The smallest absolute Gasteiger partial charge is 0.132 e. The number of aryl methyl sites for hydroxylation is 2. The van der Waals surface area contributed by atoms with Crippen molar-refractivity contribution < 1.29 is 0 Å². The molecule has 0 aromatic carbocycles. The van der Waals surface area contributed by atoms with Gasteiger partial charge in [0, 0.05) is 13.0 Å². The summed E-state index contributed by atoms with van der Waals surface area (Å²) in [6.45, 7) is 6.22. The molecule has 0 radical (unpaired) electrons. The van der Waals surface area contributed by atoms with Gasteiger partial charge < -0.3 is 10.3 Å². The van der Waals surface area contributed by atoms with Crippen LogP contribution in [-0.2, 0) is 13.0 Å². The quantitative estimate of drug-likeness (QED) is 0.734. The summed E-state index contributed by atoms with van der Waals surface area (Å²) < 4.78 is 2.16. The zero-order valence-electron chi connectivity index (χ0n) is 10.5. The Balaban J connectivity index is 2.43. The molecule has 1 rings (SSSR count). The van der Waals surface area contributed by atoms with Crippen LogP contribution in [0.1, 0.15) is 45.4 Å². The predicted octanol–water partition coefficient (Wildman–Crippen LogP) is 2.00. The highest BCUT2D eigenvalue weighted by Gasteiger charge is 2.09. The third-order valence-electron chi connectivity index (χ3n) is 3.09. The van der Waals surface area contributed by atoms with E-state index in [0.717, 1.165) is 44.1 Å². The molecule has 0 aliphatic rings. The van der Waals surface area contributed by atoms with Gasteiger partial charge in [-0.25, -0.2) is 0 Å². The zero-order chi connectivity index (χ0) is 11.8. The Bertz CT molecular complexity index is 282. The van der Waals surface area contributed by atoms with E-state index in [0.29, 0.717) is 0 Å². The molecule has 0 fully saturated rings. The van der Waals surface area contributed by atoms with Crippen molar-refractivity contribution in [1.82, 2.24) is 14.8 Å². The van der Waals surface area contributed by atoms with Gasteiger partial charge in [0.05, 0.1) is 0 Å². The average molecular weight is 224 g/mol. The first-order chi connectivity index (χ1) is 7.81. The fraction of sp³-hybridized carbons (Fsp3) is 0.833. The first kappa shape index (κ1) is 13.2. The van der Waals surface area contributed by atoms with Crippen LogP contribution in [0.15, 0.2) is 6.33 Å². The van der Waals surface area contributed by atoms with Gasteiger partial charge in [0.2, 0.25) is 0 Å². The molecule has 2 N–H and O–H groups in total. The number of hydrogen-bond acceptors (Lipinski definition) is 3. The maximum atomic E-state index is 5.60. The van der Waals surface area contributed by atoms with E-state index in [9.17, 15) is 0 Å². The van der Waals surface area contributed by atoms with Crippen LogP contribution < -0.4 is 5.73 Å². The van der Waals surface area contributed by atoms with Crippen LogP contribution in [-0.4, -0.2) is 21.3 Å². The summed E-state index contributed by atoms with van der Waals surface area (Å²) >= 11 is 0. The molecule has 4 nitrogen and oxygen atoms in total. The van der Waals surface area contributed by atoms with Gasteiger partial charge in [-0.2, -0.15) is 0 Å². The van der Waals surface area contributed by atoms with Crippen LogP contribution in [0.3, 0.4) is 0 Å². The number of nitrogens with zero attached hydrogens (tertiary/aromatic N) is 3. The van der Waals surface area contributed by atoms with Crippen LogP contribution >= 0.6 is 0 Å². The molecule has 0 amide bonds. The van der Waals surface area contributed by atoms with Crippen molar-refractivity contribution in [3.63, 3.8) is 0 Å². The van der Waals surface area contributed by atoms with E-state index in [1.165, 1.54) is 12.8 Å². The van der Waals surface area contributed by atoms with E-state index in [1.807, 2.05) is 6.33 Å². The molecule has 1 aromatic heterocycles. The van der Waals surface area contributed by atoms with Gasteiger partial charge in [0.1, 0.15) is 12.2 Å². The van der Waals surface area contributed by atoms with Crippen LogP contribution in [0, 0.1) is 5.92 Å². The van der Waals surface area contributed by atoms with Crippen LogP contribution in [0.25, 0.3) is 0 Å². The molecule has 1 unspecified atom stereocenters. The highest BCUT2D eigenvalue weighted by molar-refractivity contribution is 4.86. The Labute approximate surface area is 98.2 Å². The third-order valence-corrected chi connectivity index (χ3v) is 3.09. The van der Waals surface area contributed by atoms with Crippen molar-refractivity contribution in [3.05, 3.63) is 12.2 Å². The SMILES string of the molecule is CCCn1cnnc1CCC(CC)CCN. The fourth-order valence-corrected chi connectivity index (χ4v) is 2.02. The van der Waals surface area contributed by atoms with Gasteiger partial charge in [-0.1, -0.05) is 20.3 Å². The predicted molar refractivity (Wildman–Crippen MR) is 66.1 cm³/mol. The van der Waals surface area contributed by atoms with E-state index in [-0.39, 0.29) is 0 Å². The molecule has 16 heavy (non-hydrogen) atoms. The summed E-state index contributed by atoms with van der Waals surface area (Å²) in [5.41, 5.74) is 5.60. The molecule has 1 aromatic rings. The summed E-state index contributed by atoms with van der Waals surface area (Å²) in [6, 6.07) is 0. The molecule has 92 valence electrons. The lowest BCUT2D eigenvalue weighted by molar-refractivity contribution is 0.434. The van der Waals surface area contributed by atoms with Crippen LogP contribution in [0.2, 0.25) is 0 Å². The maximum absolute atomic E-state index is 5.60. The van der Waals surface area contributed by atoms with Gasteiger partial charge in [-0.05, 0) is 31.7 Å². The molecule has 0 spiro atoms. The van der Waals surface area contributed by atoms with Crippen molar-refractivity contribution in [3.8, 4) is 0 Å². The van der Waals surface area contributed by atoms with Crippen molar-refractivity contribution in [2.24, 2.45) is 11.7 Å². The maximum Gasteiger partial charge on any atom is 0.132 e. The monoisotopic (exact) mass is 224 g/mol. The minimum absolute atomic E-state index is 0.733. The lowest BCUT2D eigenvalue weighted by atomic mass is 9.96. The van der Waals surface area contributed by atoms with E-state index < -0.39 is 0 Å². The number of nitrogens with two attached hydrogens (primary N) is 1. The molecular weight excluding hydrogens is 200 g/mol. The second-order valence-corrected chi connectivity index (χ2v) is 4.33.